The molecule has 0 aliphatic carbocycles. The van der Waals surface area contributed by atoms with Gasteiger partial charge in [-0.1, -0.05) is 18.2 Å². The number of methoxy groups -OCH3 is 1. The molecule has 0 radical (unpaired) electrons. The average Bonchev–Trinajstić information content (AvgIpc) is 3.05. The minimum atomic E-state index is -1.02. The van der Waals surface area contributed by atoms with Crippen molar-refractivity contribution >= 4 is 11.9 Å². The summed E-state index contributed by atoms with van der Waals surface area (Å²) in [5, 5.41) is 2.78. The molecule has 1 fully saturated rings. The summed E-state index contributed by atoms with van der Waals surface area (Å²) in [6.45, 7) is 0.196. The van der Waals surface area contributed by atoms with E-state index in [4.69, 9.17) is 4.74 Å². The summed E-state index contributed by atoms with van der Waals surface area (Å²) in [7, 11) is 2.85. The van der Waals surface area contributed by atoms with E-state index in [0.717, 1.165) is 6.07 Å². The van der Waals surface area contributed by atoms with Crippen LogP contribution in [0.5, 0.6) is 0 Å². The van der Waals surface area contributed by atoms with Crippen LogP contribution in [0, 0.1) is 17.6 Å². The second kappa shape index (κ2) is 8.43. The van der Waals surface area contributed by atoms with Gasteiger partial charge in [-0.05, 0) is 31.7 Å². The number of likely N-dealkylation sites (N-methyl/N-ethyl adjacent to an activating group) is 1. The molecule has 1 aromatic heterocycles. The van der Waals surface area contributed by atoms with Gasteiger partial charge in [-0.3, -0.25) is 19.5 Å². The molecule has 3 rings (SSSR count). The maximum Gasteiger partial charge on any atom is 0.323 e. The van der Waals surface area contributed by atoms with Crippen molar-refractivity contribution in [2.45, 2.75) is 25.0 Å². The number of carbonyl (C=O) groups excluding carboxylic acids is 2. The van der Waals surface area contributed by atoms with Gasteiger partial charge in [0, 0.05) is 11.8 Å². The van der Waals surface area contributed by atoms with Gasteiger partial charge >= 0.3 is 5.97 Å². The third-order valence-corrected chi connectivity index (χ3v) is 5.07. The topological polar surface area (TPSA) is 71.5 Å². The van der Waals surface area contributed by atoms with Crippen molar-refractivity contribution in [2.24, 2.45) is 5.92 Å². The smallest absolute Gasteiger partial charge is 0.323 e. The molecule has 1 N–H and O–H groups in total. The second-order valence-corrected chi connectivity index (χ2v) is 6.67. The Morgan fingerprint density at radius 3 is 2.71 bits per heavy atom. The van der Waals surface area contributed by atoms with Crippen LogP contribution in [-0.4, -0.2) is 42.0 Å². The molecule has 1 amide bonds. The van der Waals surface area contributed by atoms with E-state index in [2.05, 4.69) is 10.3 Å². The van der Waals surface area contributed by atoms with Gasteiger partial charge in [0.2, 0.25) is 5.91 Å². The van der Waals surface area contributed by atoms with Crippen LogP contribution in [0.25, 0.3) is 0 Å². The summed E-state index contributed by atoms with van der Waals surface area (Å²) < 4.78 is 33.1. The van der Waals surface area contributed by atoms with E-state index in [1.165, 1.54) is 19.2 Å². The molecule has 2 aromatic rings. The highest BCUT2D eigenvalue weighted by Gasteiger charge is 2.47. The highest BCUT2D eigenvalue weighted by atomic mass is 19.2. The summed E-state index contributed by atoms with van der Waals surface area (Å²) in [5.41, 5.74) is 0.701. The van der Waals surface area contributed by atoms with Gasteiger partial charge in [0.05, 0.1) is 31.3 Å². The van der Waals surface area contributed by atoms with Gasteiger partial charge in [-0.15, -0.1) is 0 Å². The fourth-order valence-corrected chi connectivity index (χ4v) is 3.66. The maximum absolute atomic E-state index is 14.5. The first-order valence-corrected chi connectivity index (χ1v) is 8.85. The number of aromatic nitrogens is 1. The van der Waals surface area contributed by atoms with Crippen molar-refractivity contribution in [1.82, 2.24) is 15.2 Å². The molecular formula is C20H21F2N3O3. The Bertz CT molecular complexity index is 863. The highest BCUT2D eigenvalue weighted by Crippen LogP contribution is 2.41. The second-order valence-electron chi connectivity index (χ2n) is 6.67. The van der Waals surface area contributed by atoms with Crippen LogP contribution in [-0.2, 0) is 20.9 Å². The maximum atomic E-state index is 14.5. The average molecular weight is 389 g/mol. The Hall–Kier alpha value is -2.87. The quantitative estimate of drug-likeness (QED) is 0.794. The van der Waals surface area contributed by atoms with Gasteiger partial charge in [-0.2, -0.15) is 0 Å². The number of amides is 1. The molecule has 6 nitrogen and oxygen atoms in total. The largest absolute Gasteiger partial charge is 0.468 e. The number of ether oxygens (including phenoxy) is 1. The number of halogens is 2. The molecule has 1 aliphatic heterocycles. The van der Waals surface area contributed by atoms with Crippen LogP contribution in [0.1, 0.15) is 23.7 Å². The van der Waals surface area contributed by atoms with Crippen molar-refractivity contribution in [3.05, 3.63) is 65.5 Å². The van der Waals surface area contributed by atoms with E-state index in [1.807, 2.05) is 0 Å². The highest BCUT2D eigenvalue weighted by molar-refractivity contribution is 5.83. The van der Waals surface area contributed by atoms with Crippen LogP contribution in [0.3, 0.4) is 0 Å². The fourth-order valence-electron chi connectivity index (χ4n) is 3.66. The first-order valence-electron chi connectivity index (χ1n) is 8.85. The fraction of sp³-hybridized carbons (Fsp3) is 0.350. The number of benzene rings is 1. The normalized spacial score (nSPS) is 22.1. The van der Waals surface area contributed by atoms with Crippen molar-refractivity contribution in [3.8, 4) is 0 Å². The first-order chi connectivity index (χ1) is 13.4. The zero-order valence-electron chi connectivity index (χ0n) is 15.6. The Balaban J connectivity index is 1.88. The molecular weight excluding hydrogens is 368 g/mol. The zero-order valence-corrected chi connectivity index (χ0v) is 15.6. The summed E-state index contributed by atoms with van der Waals surface area (Å²) in [6, 6.07) is 7.63. The number of hydrogen-bond acceptors (Lipinski definition) is 5. The molecule has 3 atom stereocenters. The number of likely N-dealkylation sites (tertiary alicyclic amines) is 1. The summed E-state index contributed by atoms with van der Waals surface area (Å²) in [5.74, 6) is -3.66. The van der Waals surface area contributed by atoms with Crippen molar-refractivity contribution in [2.75, 3.05) is 14.2 Å². The van der Waals surface area contributed by atoms with Crippen LogP contribution in [0.4, 0.5) is 8.78 Å². The minimum absolute atomic E-state index is 0.0342. The molecule has 28 heavy (non-hydrogen) atoms. The van der Waals surface area contributed by atoms with Crippen molar-refractivity contribution < 1.29 is 23.1 Å². The van der Waals surface area contributed by atoms with Crippen molar-refractivity contribution in [1.29, 1.82) is 0 Å². The third kappa shape index (κ3) is 3.87. The zero-order chi connectivity index (χ0) is 20.3. The number of nitrogens with zero attached hydrogens (tertiary/aromatic N) is 2. The van der Waals surface area contributed by atoms with Crippen molar-refractivity contribution in [3.63, 3.8) is 0 Å². The number of nitrogens with one attached hydrogen (secondary N) is 1. The number of pyridine rings is 1. The summed E-state index contributed by atoms with van der Waals surface area (Å²) in [6.07, 6.45) is 1.75. The van der Waals surface area contributed by atoms with Gasteiger partial charge < -0.3 is 10.1 Å². The third-order valence-electron chi connectivity index (χ3n) is 5.07. The lowest BCUT2D eigenvalue weighted by atomic mass is 9.91. The Morgan fingerprint density at radius 2 is 2.04 bits per heavy atom. The van der Waals surface area contributed by atoms with Crippen LogP contribution >= 0.6 is 0 Å². The molecule has 0 saturated carbocycles. The van der Waals surface area contributed by atoms with E-state index in [0.29, 0.717) is 5.69 Å². The van der Waals surface area contributed by atoms with Gasteiger partial charge in [-0.25, -0.2) is 8.78 Å². The number of rotatable bonds is 5. The summed E-state index contributed by atoms with van der Waals surface area (Å²) >= 11 is 0. The van der Waals surface area contributed by atoms with E-state index >= 15 is 0 Å². The molecule has 0 unspecified atom stereocenters. The molecule has 1 saturated heterocycles. The minimum Gasteiger partial charge on any atom is -0.468 e. The molecule has 0 spiro atoms. The predicted molar refractivity (Wildman–Crippen MR) is 96.9 cm³/mol. The van der Waals surface area contributed by atoms with E-state index in [-0.39, 0.29) is 24.4 Å². The SMILES string of the molecule is COC(=O)[C@@H]1C[C@H](C(=O)NCc2ccccn2)[C@H](c2cccc(F)c2F)N1C. The van der Waals surface area contributed by atoms with E-state index in [9.17, 15) is 18.4 Å². The van der Waals surface area contributed by atoms with Gasteiger partial charge in [0.1, 0.15) is 6.04 Å². The van der Waals surface area contributed by atoms with Crippen LogP contribution < -0.4 is 5.32 Å². The Labute approximate surface area is 161 Å². The molecule has 0 bridgehead atoms. The molecule has 1 aromatic carbocycles. The van der Waals surface area contributed by atoms with Crippen LogP contribution in [0.15, 0.2) is 42.6 Å². The molecule has 8 heteroatoms. The Morgan fingerprint density at radius 1 is 1.25 bits per heavy atom. The standard InChI is InChI=1S/C20H21F2N3O3/c1-25-16(20(27)28-2)10-14(18(25)13-7-5-8-15(21)17(13)22)19(26)24-11-12-6-3-4-9-23-12/h3-9,14,16,18H,10-11H2,1-2H3,(H,24,26)/t14-,16-,18-/m0/s1. The molecule has 2 heterocycles. The number of esters is 1. The first kappa shape index (κ1) is 19.9. The lowest BCUT2D eigenvalue weighted by Crippen LogP contribution is -2.36. The number of hydrogen-bond donors (Lipinski definition) is 1. The van der Waals surface area contributed by atoms with Gasteiger partial charge in [0.15, 0.2) is 11.6 Å². The Kier molecular flexibility index (Phi) is 5.99. The van der Waals surface area contributed by atoms with E-state index in [1.54, 1.807) is 36.3 Å². The monoisotopic (exact) mass is 389 g/mol. The van der Waals surface area contributed by atoms with Gasteiger partial charge in [0.25, 0.3) is 0 Å². The summed E-state index contributed by atoms with van der Waals surface area (Å²) in [4.78, 5) is 30.7. The predicted octanol–water partition coefficient (Wildman–Crippen LogP) is 2.21. The molecule has 148 valence electrons. The lowest BCUT2D eigenvalue weighted by Gasteiger charge is -2.27. The molecule has 1 aliphatic rings. The van der Waals surface area contributed by atoms with E-state index < -0.39 is 35.6 Å². The van der Waals surface area contributed by atoms with Crippen LogP contribution in [0.2, 0.25) is 0 Å². The number of carbonyl (C=O) groups is 2. The lowest BCUT2D eigenvalue weighted by molar-refractivity contribution is -0.145.